The number of carbonyl (C=O) groups excluding carboxylic acids is 1. The third kappa shape index (κ3) is 2.28. The second-order valence-electron chi connectivity index (χ2n) is 4.42. The Morgan fingerprint density at radius 3 is 2.68 bits per heavy atom. The average molecular weight is 279 g/mol. The number of hydrogen-bond donors (Lipinski definition) is 1. The van der Waals surface area contributed by atoms with Crippen molar-refractivity contribution >= 4 is 27.5 Å². The van der Waals surface area contributed by atoms with Gasteiger partial charge in [-0.3, -0.25) is 14.2 Å². The predicted octanol–water partition coefficient (Wildman–Crippen LogP) is 1.63. The van der Waals surface area contributed by atoms with Gasteiger partial charge in [0.15, 0.2) is 0 Å². The summed E-state index contributed by atoms with van der Waals surface area (Å²) in [6, 6.07) is 1.18. The van der Waals surface area contributed by atoms with Crippen molar-refractivity contribution in [3.8, 4) is 0 Å². The molecule has 2 rings (SSSR count). The summed E-state index contributed by atoms with van der Waals surface area (Å²) in [6.45, 7) is 5.58. The third-order valence-corrected chi connectivity index (χ3v) is 4.36. The van der Waals surface area contributed by atoms with E-state index in [1.807, 2.05) is 19.9 Å². The molecule has 19 heavy (non-hydrogen) atoms. The SMILES string of the molecule is CCc1cc2c(=O)n(C(C)C(N)=O)c(CC)nc2s1. The molecular weight excluding hydrogens is 262 g/mol. The second-order valence-corrected chi connectivity index (χ2v) is 5.54. The first-order valence-electron chi connectivity index (χ1n) is 6.32. The van der Waals surface area contributed by atoms with Gasteiger partial charge in [-0.05, 0) is 19.4 Å². The van der Waals surface area contributed by atoms with Gasteiger partial charge < -0.3 is 5.73 Å². The summed E-state index contributed by atoms with van der Waals surface area (Å²) in [5.41, 5.74) is 5.14. The number of carbonyl (C=O) groups is 1. The van der Waals surface area contributed by atoms with Gasteiger partial charge in [0.25, 0.3) is 5.56 Å². The Morgan fingerprint density at radius 1 is 1.47 bits per heavy atom. The molecule has 0 radical (unpaired) electrons. The number of amides is 1. The number of aryl methyl sites for hydroxylation is 2. The maximum Gasteiger partial charge on any atom is 0.263 e. The number of nitrogens with zero attached hydrogens (tertiary/aromatic N) is 2. The van der Waals surface area contributed by atoms with Crippen LogP contribution in [0, 0.1) is 0 Å². The zero-order chi connectivity index (χ0) is 14.2. The Morgan fingerprint density at radius 2 is 2.16 bits per heavy atom. The van der Waals surface area contributed by atoms with Crippen molar-refractivity contribution in [3.05, 3.63) is 27.1 Å². The molecule has 6 heteroatoms. The number of nitrogens with two attached hydrogens (primary N) is 1. The lowest BCUT2D eigenvalue weighted by molar-refractivity contribution is -0.120. The van der Waals surface area contributed by atoms with E-state index in [1.165, 1.54) is 15.9 Å². The number of aromatic nitrogens is 2. The highest BCUT2D eigenvalue weighted by Gasteiger charge is 2.19. The molecule has 0 aliphatic heterocycles. The number of thiophene rings is 1. The average Bonchev–Trinajstić information content (AvgIpc) is 2.81. The molecule has 102 valence electrons. The molecule has 2 N–H and O–H groups in total. The fourth-order valence-electron chi connectivity index (χ4n) is 2.04. The first-order chi connectivity index (χ1) is 8.99. The fourth-order valence-corrected chi connectivity index (χ4v) is 3.01. The Labute approximate surface area is 115 Å². The molecule has 1 atom stereocenters. The summed E-state index contributed by atoms with van der Waals surface area (Å²) in [5, 5.41) is 0.576. The van der Waals surface area contributed by atoms with Crippen molar-refractivity contribution in [1.29, 1.82) is 0 Å². The van der Waals surface area contributed by atoms with Gasteiger partial charge in [0.2, 0.25) is 5.91 Å². The smallest absolute Gasteiger partial charge is 0.263 e. The second kappa shape index (κ2) is 5.13. The molecular formula is C13H17N3O2S. The monoisotopic (exact) mass is 279 g/mol. The van der Waals surface area contributed by atoms with E-state index in [4.69, 9.17) is 5.73 Å². The van der Waals surface area contributed by atoms with Gasteiger partial charge in [-0.25, -0.2) is 4.98 Å². The Kier molecular flexibility index (Phi) is 3.71. The number of primary amides is 1. The molecule has 2 aromatic rings. The Balaban J connectivity index is 2.78. The quantitative estimate of drug-likeness (QED) is 0.924. The molecule has 0 saturated carbocycles. The molecule has 0 aliphatic carbocycles. The summed E-state index contributed by atoms with van der Waals surface area (Å²) in [4.78, 5) is 30.2. The van der Waals surface area contributed by atoms with Gasteiger partial charge >= 0.3 is 0 Å². The highest BCUT2D eigenvalue weighted by molar-refractivity contribution is 7.18. The molecule has 2 aromatic heterocycles. The standard InChI is InChI=1S/C13H17N3O2S/c1-4-8-6-9-12(19-8)15-10(5-2)16(13(9)18)7(3)11(14)17/h6-7H,4-5H2,1-3H3,(H2,14,17). The van der Waals surface area contributed by atoms with Crippen molar-refractivity contribution in [2.75, 3.05) is 0 Å². The van der Waals surface area contributed by atoms with Crippen molar-refractivity contribution in [2.24, 2.45) is 5.73 Å². The molecule has 2 heterocycles. The normalized spacial score (nSPS) is 12.8. The van der Waals surface area contributed by atoms with E-state index in [9.17, 15) is 9.59 Å². The van der Waals surface area contributed by atoms with Crippen LogP contribution in [0.1, 0.15) is 37.5 Å². The lowest BCUT2D eigenvalue weighted by atomic mass is 10.2. The minimum absolute atomic E-state index is 0.177. The number of fused-ring (bicyclic) bond motifs is 1. The molecule has 1 amide bonds. The Hall–Kier alpha value is -1.69. The van der Waals surface area contributed by atoms with Gasteiger partial charge in [0.05, 0.1) is 5.39 Å². The maximum absolute atomic E-state index is 12.5. The van der Waals surface area contributed by atoms with Crippen LogP contribution in [0.15, 0.2) is 10.9 Å². The van der Waals surface area contributed by atoms with Crippen LogP contribution in [-0.2, 0) is 17.6 Å². The molecule has 1 unspecified atom stereocenters. The summed E-state index contributed by atoms with van der Waals surface area (Å²) >= 11 is 1.53. The van der Waals surface area contributed by atoms with E-state index in [0.717, 1.165) is 16.1 Å². The fraction of sp³-hybridized carbons (Fsp3) is 0.462. The van der Waals surface area contributed by atoms with Crippen molar-refractivity contribution in [1.82, 2.24) is 9.55 Å². The first-order valence-corrected chi connectivity index (χ1v) is 7.14. The highest BCUT2D eigenvalue weighted by Crippen LogP contribution is 2.23. The van der Waals surface area contributed by atoms with E-state index in [0.29, 0.717) is 17.6 Å². The van der Waals surface area contributed by atoms with Crippen LogP contribution in [0.3, 0.4) is 0 Å². The van der Waals surface area contributed by atoms with Crippen LogP contribution < -0.4 is 11.3 Å². The van der Waals surface area contributed by atoms with Gasteiger partial charge in [0, 0.05) is 11.3 Å². The lowest BCUT2D eigenvalue weighted by Gasteiger charge is -2.15. The molecule has 0 saturated heterocycles. The molecule has 0 fully saturated rings. The summed E-state index contributed by atoms with van der Waals surface area (Å²) < 4.78 is 1.41. The minimum atomic E-state index is -0.677. The van der Waals surface area contributed by atoms with Crippen LogP contribution in [0.4, 0.5) is 0 Å². The van der Waals surface area contributed by atoms with E-state index in [2.05, 4.69) is 4.98 Å². The van der Waals surface area contributed by atoms with Crippen molar-refractivity contribution < 1.29 is 4.79 Å². The highest BCUT2D eigenvalue weighted by atomic mass is 32.1. The lowest BCUT2D eigenvalue weighted by Crippen LogP contribution is -2.34. The van der Waals surface area contributed by atoms with Gasteiger partial charge in [-0.2, -0.15) is 0 Å². The zero-order valence-corrected chi connectivity index (χ0v) is 12.1. The van der Waals surface area contributed by atoms with Crippen LogP contribution in [0.2, 0.25) is 0 Å². The number of rotatable bonds is 4. The third-order valence-electron chi connectivity index (χ3n) is 3.19. The maximum atomic E-state index is 12.5. The zero-order valence-electron chi connectivity index (χ0n) is 11.3. The summed E-state index contributed by atoms with van der Waals surface area (Å²) in [5.74, 6) is 0.0807. The first kappa shape index (κ1) is 13.7. The van der Waals surface area contributed by atoms with Crippen LogP contribution >= 0.6 is 11.3 Å². The Bertz CT molecular complexity index is 687. The molecule has 0 aliphatic rings. The minimum Gasteiger partial charge on any atom is -0.368 e. The molecule has 0 spiro atoms. The van der Waals surface area contributed by atoms with Crippen LogP contribution in [-0.4, -0.2) is 15.5 Å². The van der Waals surface area contributed by atoms with E-state index in [-0.39, 0.29) is 5.56 Å². The number of hydrogen-bond acceptors (Lipinski definition) is 4. The van der Waals surface area contributed by atoms with Gasteiger partial charge in [-0.15, -0.1) is 11.3 Å². The van der Waals surface area contributed by atoms with Gasteiger partial charge in [-0.1, -0.05) is 13.8 Å². The van der Waals surface area contributed by atoms with Gasteiger partial charge in [0.1, 0.15) is 16.7 Å². The molecule has 0 aromatic carbocycles. The van der Waals surface area contributed by atoms with Crippen LogP contribution in [0.25, 0.3) is 10.2 Å². The largest absolute Gasteiger partial charge is 0.368 e. The molecule has 0 bridgehead atoms. The van der Waals surface area contributed by atoms with Crippen LogP contribution in [0.5, 0.6) is 0 Å². The topological polar surface area (TPSA) is 78.0 Å². The van der Waals surface area contributed by atoms with E-state index >= 15 is 0 Å². The summed E-state index contributed by atoms with van der Waals surface area (Å²) in [7, 11) is 0. The van der Waals surface area contributed by atoms with Crippen molar-refractivity contribution in [2.45, 2.75) is 39.7 Å². The molecule has 5 nitrogen and oxygen atoms in total. The van der Waals surface area contributed by atoms with E-state index in [1.54, 1.807) is 6.92 Å². The predicted molar refractivity (Wildman–Crippen MR) is 76.5 cm³/mol. The van der Waals surface area contributed by atoms with Crippen molar-refractivity contribution in [3.63, 3.8) is 0 Å². The summed E-state index contributed by atoms with van der Waals surface area (Å²) in [6.07, 6.45) is 1.45. The van der Waals surface area contributed by atoms with E-state index < -0.39 is 11.9 Å².